The summed E-state index contributed by atoms with van der Waals surface area (Å²) in [5, 5.41) is 18.8. The molecule has 3 aliphatic rings. The summed E-state index contributed by atoms with van der Waals surface area (Å²) in [6.07, 6.45) is -0.227. The minimum absolute atomic E-state index is 0.0491. The van der Waals surface area contributed by atoms with E-state index in [1.165, 1.54) is 0 Å². The van der Waals surface area contributed by atoms with E-state index in [4.69, 9.17) is 0 Å². The molecular formula is C27H32N6O3S. The maximum Gasteiger partial charge on any atom is 0.256 e. The molecular weight excluding hydrogens is 488 g/mol. The van der Waals surface area contributed by atoms with Gasteiger partial charge in [0.2, 0.25) is 5.91 Å². The van der Waals surface area contributed by atoms with Gasteiger partial charge >= 0.3 is 0 Å². The lowest BCUT2D eigenvalue weighted by Gasteiger charge is -2.30. The molecule has 194 valence electrons. The molecule has 1 fully saturated rings. The van der Waals surface area contributed by atoms with Crippen LogP contribution in [0, 0.1) is 18.8 Å². The predicted octanol–water partition coefficient (Wildman–Crippen LogP) is 4.19. The number of aryl methyl sites for hydroxylation is 1. The average molecular weight is 521 g/mol. The van der Waals surface area contributed by atoms with E-state index in [1.54, 1.807) is 16.2 Å². The Morgan fingerprint density at radius 1 is 1.24 bits per heavy atom. The number of thiazole rings is 1. The van der Waals surface area contributed by atoms with Crippen molar-refractivity contribution in [2.45, 2.75) is 71.2 Å². The second kappa shape index (κ2) is 9.64. The number of azo groups is 1. The first-order chi connectivity index (χ1) is 17.6. The monoisotopic (exact) mass is 520 g/mol. The maximum atomic E-state index is 13.8. The standard InChI is InChI=1S/C27H32N6O3S/c1-14(2)22(24-29-16(4)31-32-24)25(35)33-12-19(34)10-21(33)20-11-27(5,26(36)30-20)18-8-6-17(7-9-18)23-15(3)28-13-37-23/h6-9,13-14,16,19,21-22,34H,10-12H2,1-5H3. The zero-order valence-corrected chi connectivity index (χ0v) is 22.6. The third kappa shape index (κ3) is 4.57. The number of nitrogens with zero attached hydrogens (tertiary/aromatic N) is 6. The molecule has 10 heteroatoms. The van der Waals surface area contributed by atoms with E-state index in [1.807, 2.05) is 64.4 Å². The third-order valence-electron chi connectivity index (χ3n) is 7.59. The van der Waals surface area contributed by atoms with Crippen LogP contribution < -0.4 is 0 Å². The zero-order valence-electron chi connectivity index (χ0n) is 21.8. The van der Waals surface area contributed by atoms with Crippen LogP contribution >= 0.6 is 11.3 Å². The Morgan fingerprint density at radius 2 is 1.97 bits per heavy atom. The van der Waals surface area contributed by atoms with Gasteiger partial charge < -0.3 is 10.0 Å². The molecule has 37 heavy (non-hydrogen) atoms. The highest BCUT2D eigenvalue weighted by molar-refractivity contribution is 7.13. The lowest BCUT2D eigenvalue weighted by Crippen LogP contribution is -2.47. The van der Waals surface area contributed by atoms with Gasteiger partial charge in [-0.15, -0.1) is 16.5 Å². The van der Waals surface area contributed by atoms with Crippen LogP contribution in [-0.4, -0.2) is 63.2 Å². The summed E-state index contributed by atoms with van der Waals surface area (Å²) < 4.78 is 0. The van der Waals surface area contributed by atoms with Crippen molar-refractivity contribution in [2.24, 2.45) is 32.0 Å². The van der Waals surface area contributed by atoms with Crippen LogP contribution in [0.4, 0.5) is 0 Å². The molecule has 1 saturated heterocycles. The molecule has 9 nitrogen and oxygen atoms in total. The van der Waals surface area contributed by atoms with Gasteiger partial charge in [-0.1, -0.05) is 38.1 Å². The number of carbonyl (C=O) groups excluding carboxylic acids is 2. The number of aliphatic hydroxyl groups excluding tert-OH is 1. The maximum absolute atomic E-state index is 13.8. The van der Waals surface area contributed by atoms with E-state index in [2.05, 4.69) is 25.2 Å². The summed E-state index contributed by atoms with van der Waals surface area (Å²) >= 11 is 1.59. The number of carbonyl (C=O) groups is 2. The number of likely N-dealkylation sites (tertiary alicyclic amines) is 1. The van der Waals surface area contributed by atoms with Gasteiger partial charge in [0.15, 0.2) is 12.0 Å². The first-order valence-corrected chi connectivity index (χ1v) is 13.6. The Hall–Kier alpha value is -3.11. The first-order valence-electron chi connectivity index (χ1n) is 12.7. The van der Waals surface area contributed by atoms with Crippen molar-refractivity contribution in [3.63, 3.8) is 0 Å². The van der Waals surface area contributed by atoms with Crippen LogP contribution in [0.2, 0.25) is 0 Å². The molecule has 0 spiro atoms. The summed E-state index contributed by atoms with van der Waals surface area (Å²) in [6, 6.07) is 7.57. The number of benzene rings is 1. The van der Waals surface area contributed by atoms with Crippen molar-refractivity contribution >= 4 is 34.7 Å². The van der Waals surface area contributed by atoms with Crippen molar-refractivity contribution in [1.29, 1.82) is 0 Å². The van der Waals surface area contributed by atoms with Crippen LogP contribution in [0.15, 0.2) is 50.0 Å². The summed E-state index contributed by atoms with van der Waals surface area (Å²) in [4.78, 5) is 43.0. The minimum Gasteiger partial charge on any atom is -0.391 e. The Kier molecular flexibility index (Phi) is 6.66. The molecule has 1 N–H and O–H groups in total. The third-order valence-corrected chi connectivity index (χ3v) is 8.56. The van der Waals surface area contributed by atoms with Crippen molar-refractivity contribution in [1.82, 2.24) is 9.88 Å². The second-order valence-electron chi connectivity index (χ2n) is 10.7. The largest absolute Gasteiger partial charge is 0.391 e. The van der Waals surface area contributed by atoms with E-state index in [-0.39, 0.29) is 30.4 Å². The first kappa shape index (κ1) is 25.5. The topological polar surface area (TPSA) is 120 Å². The molecule has 4 heterocycles. The highest BCUT2D eigenvalue weighted by Gasteiger charge is 2.48. The fourth-order valence-corrected chi connectivity index (χ4v) is 6.30. The van der Waals surface area contributed by atoms with E-state index in [0.29, 0.717) is 24.4 Å². The lowest BCUT2D eigenvalue weighted by atomic mass is 9.78. The molecule has 2 amide bonds. The molecule has 1 aromatic heterocycles. The molecule has 0 aliphatic carbocycles. The van der Waals surface area contributed by atoms with Gasteiger partial charge in [-0.3, -0.25) is 9.59 Å². The van der Waals surface area contributed by atoms with Crippen LogP contribution in [0.5, 0.6) is 0 Å². The number of hydrogen-bond donors (Lipinski definition) is 1. The molecule has 0 radical (unpaired) electrons. The molecule has 0 saturated carbocycles. The van der Waals surface area contributed by atoms with Crippen LogP contribution in [0.3, 0.4) is 0 Å². The quantitative estimate of drug-likeness (QED) is 0.614. The fraction of sp³-hybridized carbons (Fsp3) is 0.519. The van der Waals surface area contributed by atoms with Gasteiger partial charge in [-0.25, -0.2) is 15.0 Å². The number of aliphatic hydroxyl groups is 1. The molecule has 5 rings (SSSR count). The second-order valence-corrected chi connectivity index (χ2v) is 11.6. The molecule has 2 aromatic rings. The Balaban J connectivity index is 1.38. The molecule has 0 bridgehead atoms. The number of β-amino-alcohol motifs (C(OH)–C–C–N with tert-alkyl or cyclic N) is 1. The normalized spacial score (nSPS) is 28.2. The number of aliphatic imine (C=N–C) groups is 2. The minimum atomic E-state index is -0.824. The number of hydrogen-bond acceptors (Lipinski definition) is 8. The Labute approximate surface area is 220 Å². The van der Waals surface area contributed by atoms with Crippen molar-refractivity contribution in [3.8, 4) is 10.4 Å². The van der Waals surface area contributed by atoms with E-state index >= 15 is 0 Å². The van der Waals surface area contributed by atoms with Gasteiger partial charge in [0.25, 0.3) is 5.91 Å². The van der Waals surface area contributed by atoms with Gasteiger partial charge in [0.05, 0.1) is 33.6 Å². The van der Waals surface area contributed by atoms with Crippen LogP contribution in [-0.2, 0) is 15.0 Å². The highest BCUT2D eigenvalue weighted by atomic mass is 32.1. The number of amidine groups is 1. The molecule has 5 atom stereocenters. The number of rotatable bonds is 6. The zero-order chi connectivity index (χ0) is 26.5. The highest BCUT2D eigenvalue weighted by Crippen LogP contribution is 2.39. The van der Waals surface area contributed by atoms with Crippen molar-refractivity contribution in [3.05, 3.63) is 41.0 Å². The molecule has 5 unspecified atom stereocenters. The van der Waals surface area contributed by atoms with Gasteiger partial charge in [0, 0.05) is 25.1 Å². The Morgan fingerprint density at radius 3 is 2.57 bits per heavy atom. The fourth-order valence-electron chi connectivity index (χ4n) is 5.49. The van der Waals surface area contributed by atoms with E-state index < -0.39 is 23.5 Å². The van der Waals surface area contributed by atoms with Crippen LogP contribution in [0.25, 0.3) is 10.4 Å². The van der Waals surface area contributed by atoms with Gasteiger partial charge in [-0.2, -0.15) is 5.11 Å². The van der Waals surface area contributed by atoms with E-state index in [0.717, 1.165) is 21.7 Å². The summed E-state index contributed by atoms with van der Waals surface area (Å²) in [7, 11) is 0. The predicted molar refractivity (Wildman–Crippen MR) is 143 cm³/mol. The smallest absolute Gasteiger partial charge is 0.256 e. The Bertz CT molecular complexity index is 1310. The molecule has 3 aliphatic heterocycles. The summed E-state index contributed by atoms with van der Waals surface area (Å²) in [6.45, 7) is 9.82. The summed E-state index contributed by atoms with van der Waals surface area (Å²) in [5.41, 5.74) is 4.58. The van der Waals surface area contributed by atoms with Gasteiger partial charge in [0.1, 0.15) is 5.92 Å². The van der Waals surface area contributed by atoms with Gasteiger partial charge in [-0.05, 0) is 37.8 Å². The molecule has 1 aromatic carbocycles. The van der Waals surface area contributed by atoms with Crippen LogP contribution in [0.1, 0.15) is 51.8 Å². The number of aromatic nitrogens is 1. The lowest BCUT2D eigenvalue weighted by molar-refractivity contribution is -0.134. The van der Waals surface area contributed by atoms with E-state index in [9.17, 15) is 14.7 Å². The van der Waals surface area contributed by atoms with Crippen molar-refractivity contribution < 1.29 is 14.7 Å². The van der Waals surface area contributed by atoms with Crippen molar-refractivity contribution in [2.75, 3.05) is 6.54 Å². The number of amides is 2. The average Bonchev–Trinajstić information content (AvgIpc) is 3.62. The summed E-state index contributed by atoms with van der Waals surface area (Å²) in [5.74, 6) is -0.559. The SMILES string of the molecule is Cc1ncsc1-c1ccc(C2(C)CC(C3CC(O)CN3C(=O)C(C3=NC(C)N=N3)C(C)C)=NC2=O)cc1.